The molecule has 0 spiro atoms. The molecule has 7 heteroatoms. The molecular formula is C17H18N4O2S. The Morgan fingerprint density at radius 1 is 1.38 bits per heavy atom. The van der Waals surface area contributed by atoms with Crippen LogP contribution in [-0.2, 0) is 9.59 Å². The Morgan fingerprint density at radius 2 is 2.25 bits per heavy atom. The van der Waals surface area contributed by atoms with E-state index >= 15 is 0 Å². The summed E-state index contributed by atoms with van der Waals surface area (Å²) in [6.07, 6.45) is 7.70. The van der Waals surface area contributed by atoms with Gasteiger partial charge in [-0.25, -0.2) is 9.97 Å². The summed E-state index contributed by atoms with van der Waals surface area (Å²) in [7, 11) is 0. The molecule has 2 aromatic rings. The minimum Gasteiger partial charge on any atom is -0.338 e. The zero-order valence-electron chi connectivity index (χ0n) is 13.3. The zero-order chi connectivity index (χ0) is 16.9. The zero-order valence-corrected chi connectivity index (χ0v) is 14.1. The molecule has 3 heterocycles. The molecule has 1 fully saturated rings. The van der Waals surface area contributed by atoms with E-state index in [2.05, 4.69) is 15.3 Å². The van der Waals surface area contributed by atoms with E-state index in [1.165, 1.54) is 6.92 Å². The highest BCUT2D eigenvalue weighted by Crippen LogP contribution is 2.28. The van der Waals surface area contributed by atoms with Crippen molar-refractivity contribution in [3.8, 4) is 0 Å². The van der Waals surface area contributed by atoms with Crippen molar-refractivity contribution in [1.29, 1.82) is 0 Å². The number of rotatable bonds is 4. The van der Waals surface area contributed by atoms with Crippen molar-refractivity contribution in [3.63, 3.8) is 0 Å². The minimum absolute atomic E-state index is 0.00000591. The fourth-order valence-electron chi connectivity index (χ4n) is 2.63. The Bertz CT molecular complexity index is 740. The van der Waals surface area contributed by atoms with Gasteiger partial charge < -0.3 is 10.2 Å². The topological polar surface area (TPSA) is 75.2 Å². The van der Waals surface area contributed by atoms with Gasteiger partial charge in [0.25, 0.3) is 0 Å². The molecule has 24 heavy (non-hydrogen) atoms. The monoisotopic (exact) mass is 342 g/mol. The van der Waals surface area contributed by atoms with E-state index in [4.69, 9.17) is 0 Å². The highest BCUT2D eigenvalue weighted by atomic mass is 32.1. The number of thiazole rings is 1. The Labute approximate surface area is 144 Å². The Kier molecular flexibility index (Phi) is 5.00. The Balaban J connectivity index is 1.56. The van der Waals surface area contributed by atoms with Crippen LogP contribution in [0.25, 0.3) is 6.08 Å². The molecule has 1 aliphatic rings. The number of nitrogens with one attached hydrogen (secondary N) is 1. The molecule has 1 aliphatic heterocycles. The van der Waals surface area contributed by atoms with Crippen LogP contribution >= 0.6 is 11.3 Å². The lowest BCUT2D eigenvalue weighted by Gasteiger charge is -2.13. The summed E-state index contributed by atoms with van der Waals surface area (Å²) in [5, 5.41) is 5.68. The number of aromatic nitrogens is 2. The Hall–Kier alpha value is -2.54. The van der Waals surface area contributed by atoms with Gasteiger partial charge in [0.15, 0.2) is 0 Å². The van der Waals surface area contributed by atoms with Gasteiger partial charge in [-0.05, 0) is 30.2 Å². The lowest BCUT2D eigenvalue weighted by Crippen LogP contribution is -2.26. The van der Waals surface area contributed by atoms with Crippen molar-refractivity contribution in [1.82, 2.24) is 14.9 Å². The Morgan fingerprint density at radius 3 is 2.92 bits per heavy atom. The average Bonchev–Trinajstić information content (AvgIpc) is 3.24. The maximum Gasteiger partial charge on any atom is 0.246 e. The standard InChI is InChI=1S/C17H18N4O2S/c1-12(22)20-15-4-2-13(10-19-15)3-5-16(23)21-8-6-14(11-21)17-18-7-9-24-17/h2-5,7,9-10,14H,6,8,11H2,1H3,(H,19,20,22). The number of hydrogen-bond acceptors (Lipinski definition) is 5. The van der Waals surface area contributed by atoms with Crippen molar-refractivity contribution in [3.05, 3.63) is 46.6 Å². The number of amides is 2. The number of pyridine rings is 1. The maximum absolute atomic E-state index is 12.3. The van der Waals surface area contributed by atoms with E-state index in [-0.39, 0.29) is 11.8 Å². The summed E-state index contributed by atoms with van der Waals surface area (Å²) < 4.78 is 0. The number of anilines is 1. The van der Waals surface area contributed by atoms with Gasteiger partial charge in [0.2, 0.25) is 11.8 Å². The first kappa shape index (κ1) is 16.3. The molecule has 1 atom stereocenters. The van der Waals surface area contributed by atoms with Gasteiger partial charge in [-0.15, -0.1) is 11.3 Å². The van der Waals surface area contributed by atoms with Gasteiger partial charge in [-0.1, -0.05) is 0 Å². The summed E-state index contributed by atoms with van der Waals surface area (Å²) >= 11 is 1.64. The third kappa shape index (κ3) is 4.05. The molecule has 0 saturated carbocycles. The van der Waals surface area contributed by atoms with Crippen LogP contribution in [0.15, 0.2) is 36.0 Å². The maximum atomic E-state index is 12.3. The molecule has 1 unspecified atom stereocenters. The number of carbonyl (C=O) groups is 2. The fourth-order valence-corrected chi connectivity index (χ4v) is 3.40. The van der Waals surface area contributed by atoms with Crippen LogP contribution in [0.2, 0.25) is 0 Å². The van der Waals surface area contributed by atoms with Crippen LogP contribution < -0.4 is 5.32 Å². The normalized spacial score (nSPS) is 17.4. The average molecular weight is 342 g/mol. The summed E-state index contributed by atoms with van der Waals surface area (Å²) in [6, 6.07) is 3.52. The van der Waals surface area contributed by atoms with Crippen LogP contribution in [0, 0.1) is 0 Å². The van der Waals surface area contributed by atoms with Crippen molar-refractivity contribution in [2.24, 2.45) is 0 Å². The fraction of sp³-hybridized carbons (Fsp3) is 0.294. The summed E-state index contributed by atoms with van der Waals surface area (Å²) in [5.74, 6) is 0.683. The number of nitrogens with zero attached hydrogens (tertiary/aromatic N) is 3. The molecule has 1 saturated heterocycles. The first-order valence-electron chi connectivity index (χ1n) is 7.72. The molecule has 2 aromatic heterocycles. The van der Waals surface area contributed by atoms with E-state index < -0.39 is 0 Å². The predicted molar refractivity (Wildman–Crippen MR) is 93.6 cm³/mol. The van der Waals surface area contributed by atoms with E-state index in [1.54, 1.807) is 35.8 Å². The first-order chi connectivity index (χ1) is 11.6. The van der Waals surface area contributed by atoms with Gasteiger partial charge in [-0.2, -0.15) is 0 Å². The van der Waals surface area contributed by atoms with Crippen molar-refractivity contribution >= 4 is 35.0 Å². The summed E-state index contributed by atoms with van der Waals surface area (Å²) in [6.45, 7) is 2.91. The van der Waals surface area contributed by atoms with E-state index in [0.29, 0.717) is 11.7 Å². The second kappa shape index (κ2) is 7.35. The van der Waals surface area contributed by atoms with E-state index in [1.807, 2.05) is 22.5 Å². The van der Waals surface area contributed by atoms with Gasteiger partial charge in [0, 0.05) is 49.8 Å². The molecule has 124 valence electrons. The lowest BCUT2D eigenvalue weighted by molar-refractivity contribution is -0.125. The molecule has 3 rings (SSSR count). The summed E-state index contributed by atoms with van der Waals surface area (Å²) in [5.41, 5.74) is 0.813. The molecule has 0 radical (unpaired) electrons. The third-order valence-electron chi connectivity index (χ3n) is 3.81. The number of hydrogen-bond donors (Lipinski definition) is 1. The van der Waals surface area contributed by atoms with Crippen molar-refractivity contribution in [2.75, 3.05) is 18.4 Å². The highest BCUT2D eigenvalue weighted by molar-refractivity contribution is 7.09. The second-order valence-corrected chi connectivity index (χ2v) is 6.56. The highest BCUT2D eigenvalue weighted by Gasteiger charge is 2.27. The van der Waals surface area contributed by atoms with Crippen LogP contribution in [0.4, 0.5) is 5.82 Å². The molecular weight excluding hydrogens is 324 g/mol. The molecule has 0 aromatic carbocycles. The molecule has 0 bridgehead atoms. The largest absolute Gasteiger partial charge is 0.338 e. The minimum atomic E-state index is -0.162. The third-order valence-corrected chi connectivity index (χ3v) is 4.75. The lowest BCUT2D eigenvalue weighted by atomic mass is 10.1. The van der Waals surface area contributed by atoms with Gasteiger partial charge in [0.1, 0.15) is 5.82 Å². The van der Waals surface area contributed by atoms with Crippen molar-refractivity contribution in [2.45, 2.75) is 19.3 Å². The quantitative estimate of drug-likeness (QED) is 0.867. The van der Waals surface area contributed by atoms with E-state index in [0.717, 1.165) is 30.1 Å². The SMILES string of the molecule is CC(=O)Nc1ccc(C=CC(=O)N2CCC(c3nccs3)C2)cn1. The van der Waals surface area contributed by atoms with Crippen LogP contribution in [0.1, 0.15) is 29.8 Å². The first-order valence-corrected chi connectivity index (χ1v) is 8.60. The van der Waals surface area contributed by atoms with Crippen molar-refractivity contribution < 1.29 is 9.59 Å². The number of carbonyl (C=O) groups excluding carboxylic acids is 2. The molecule has 6 nitrogen and oxygen atoms in total. The molecule has 2 amide bonds. The van der Waals surface area contributed by atoms with Crippen LogP contribution in [-0.4, -0.2) is 39.8 Å². The van der Waals surface area contributed by atoms with Crippen LogP contribution in [0.5, 0.6) is 0 Å². The molecule has 1 N–H and O–H groups in total. The van der Waals surface area contributed by atoms with E-state index in [9.17, 15) is 9.59 Å². The van der Waals surface area contributed by atoms with Gasteiger partial charge >= 0.3 is 0 Å². The predicted octanol–water partition coefficient (Wildman–Crippen LogP) is 2.53. The van der Waals surface area contributed by atoms with Gasteiger partial charge in [0.05, 0.1) is 5.01 Å². The smallest absolute Gasteiger partial charge is 0.246 e. The second-order valence-electron chi connectivity index (χ2n) is 5.63. The van der Waals surface area contributed by atoms with Gasteiger partial charge in [-0.3, -0.25) is 9.59 Å². The molecule has 0 aliphatic carbocycles. The number of likely N-dealkylation sites (tertiary alicyclic amines) is 1. The summed E-state index contributed by atoms with van der Waals surface area (Å²) in [4.78, 5) is 33.6. The van der Waals surface area contributed by atoms with Crippen LogP contribution in [0.3, 0.4) is 0 Å².